The normalized spacial score (nSPS) is 33.1. The van der Waals surface area contributed by atoms with Gasteiger partial charge in [-0.3, -0.25) is 4.90 Å². The van der Waals surface area contributed by atoms with Crippen LogP contribution in [0.3, 0.4) is 0 Å². The van der Waals surface area contributed by atoms with Gasteiger partial charge in [0.15, 0.2) is 0 Å². The quantitative estimate of drug-likeness (QED) is 0.811. The molecule has 2 heterocycles. The van der Waals surface area contributed by atoms with Crippen LogP contribution in [0.15, 0.2) is 24.3 Å². The molecular formula is C14H19ClN2O. The lowest BCUT2D eigenvalue weighted by Crippen LogP contribution is -2.58. The van der Waals surface area contributed by atoms with Gasteiger partial charge in [-0.15, -0.1) is 0 Å². The first-order chi connectivity index (χ1) is 8.67. The maximum atomic E-state index is 10.9. The average Bonchev–Trinajstić information content (AvgIpc) is 2.39. The van der Waals surface area contributed by atoms with Gasteiger partial charge < -0.3 is 10.4 Å². The van der Waals surface area contributed by atoms with Crippen molar-refractivity contribution in [2.75, 3.05) is 26.2 Å². The molecule has 3 rings (SSSR count). The molecule has 18 heavy (non-hydrogen) atoms. The van der Waals surface area contributed by atoms with Crippen molar-refractivity contribution in [2.45, 2.75) is 24.5 Å². The highest BCUT2D eigenvalue weighted by atomic mass is 35.5. The lowest BCUT2D eigenvalue weighted by molar-refractivity contribution is -0.0624. The minimum atomic E-state index is -0.710. The van der Waals surface area contributed by atoms with E-state index in [4.69, 9.17) is 11.6 Å². The van der Waals surface area contributed by atoms with Crippen LogP contribution < -0.4 is 5.32 Å². The third kappa shape index (κ3) is 2.28. The predicted octanol–water partition coefficient (Wildman–Crippen LogP) is 1.60. The molecule has 98 valence electrons. The Morgan fingerprint density at radius 2 is 2.11 bits per heavy atom. The molecule has 2 saturated heterocycles. The Bertz CT molecular complexity index is 422. The van der Waals surface area contributed by atoms with E-state index in [0.29, 0.717) is 6.04 Å². The fourth-order valence-corrected chi connectivity index (χ4v) is 3.24. The van der Waals surface area contributed by atoms with Crippen molar-refractivity contribution in [2.24, 2.45) is 0 Å². The standard InChI is InChI=1S/C14H19ClN2O/c15-12-3-1-11(2-4-12)14(18)6-5-13-9-16-7-8-17(13)10-14/h1-4,13,16,18H,5-10H2/t13-,14?/m1/s1. The summed E-state index contributed by atoms with van der Waals surface area (Å²) in [5.41, 5.74) is 0.280. The number of aliphatic hydroxyl groups is 1. The minimum Gasteiger partial charge on any atom is -0.384 e. The summed E-state index contributed by atoms with van der Waals surface area (Å²) in [5.74, 6) is 0. The lowest BCUT2D eigenvalue weighted by Gasteiger charge is -2.46. The van der Waals surface area contributed by atoms with Crippen molar-refractivity contribution in [3.63, 3.8) is 0 Å². The summed E-state index contributed by atoms with van der Waals surface area (Å²) in [7, 11) is 0. The maximum Gasteiger partial charge on any atom is 0.102 e. The summed E-state index contributed by atoms with van der Waals surface area (Å²) in [6, 6.07) is 8.21. The van der Waals surface area contributed by atoms with E-state index in [0.717, 1.165) is 49.6 Å². The van der Waals surface area contributed by atoms with Gasteiger partial charge in [0.2, 0.25) is 0 Å². The average molecular weight is 267 g/mol. The summed E-state index contributed by atoms with van der Waals surface area (Å²) in [6.45, 7) is 3.84. The molecule has 0 aromatic heterocycles. The number of rotatable bonds is 1. The van der Waals surface area contributed by atoms with E-state index in [9.17, 15) is 5.11 Å². The molecule has 2 fully saturated rings. The maximum absolute atomic E-state index is 10.9. The SMILES string of the molecule is OC1(c2ccc(Cl)cc2)CC[C@@H]2CNCCN2C1. The Balaban J connectivity index is 1.80. The number of nitrogens with zero attached hydrogens (tertiary/aromatic N) is 1. The predicted molar refractivity (Wildman–Crippen MR) is 72.8 cm³/mol. The number of piperazine rings is 1. The van der Waals surface area contributed by atoms with Crippen molar-refractivity contribution in [3.05, 3.63) is 34.9 Å². The van der Waals surface area contributed by atoms with Crippen LogP contribution in [-0.4, -0.2) is 42.2 Å². The third-order valence-corrected chi connectivity index (χ3v) is 4.46. The number of hydrogen-bond donors (Lipinski definition) is 2. The number of benzene rings is 1. The van der Waals surface area contributed by atoms with Gasteiger partial charge in [0.1, 0.15) is 5.60 Å². The molecule has 2 aliphatic rings. The van der Waals surface area contributed by atoms with Crippen LogP contribution in [0.25, 0.3) is 0 Å². The van der Waals surface area contributed by atoms with Crippen molar-refractivity contribution >= 4 is 11.6 Å². The molecule has 0 spiro atoms. The topological polar surface area (TPSA) is 35.5 Å². The van der Waals surface area contributed by atoms with Crippen LogP contribution in [0.5, 0.6) is 0 Å². The van der Waals surface area contributed by atoms with Crippen LogP contribution >= 0.6 is 11.6 Å². The smallest absolute Gasteiger partial charge is 0.102 e. The molecular weight excluding hydrogens is 248 g/mol. The van der Waals surface area contributed by atoms with E-state index in [-0.39, 0.29) is 0 Å². The van der Waals surface area contributed by atoms with E-state index in [2.05, 4.69) is 10.2 Å². The zero-order valence-corrected chi connectivity index (χ0v) is 11.2. The molecule has 0 aliphatic carbocycles. The number of nitrogens with one attached hydrogen (secondary N) is 1. The monoisotopic (exact) mass is 266 g/mol. The van der Waals surface area contributed by atoms with Crippen molar-refractivity contribution < 1.29 is 5.11 Å². The van der Waals surface area contributed by atoms with Gasteiger partial charge in [-0.2, -0.15) is 0 Å². The number of piperidine rings is 1. The fraction of sp³-hybridized carbons (Fsp3) is 0.571. The molecule has 0 radical (unpaired) electrons. The van der Waals surface area contributed by atoms with E-state index in [1.807, 2.05) is 24.3 Å². The van der Waals surface area contributed by atoms with Crippen molar-refractivity contribution in [1.82, 2.24) is 10.2 Å². The van der Waals surface area contributed by atoms with Gasteiger partial charge in [0.25, 0.3) is 0 Å². The second-order valence-electron chi connectivity index (χ2n) is 5.41. The number of fused-ring (bicyclic) bond motifs is 1. The summed E-state index contributed by atoms with van der Waals surface area (Å²) >= 11 is 5.91. The summed E-state index contributed by atoms with van der Waals surface area (Å²) in [6.07, 6.45) is 1.88. The van der Waals surface area contributed by atoms with Crippen molar-refractivity contribution in [3.8, 4) is 0 Å². The Morgan fingerprint density at radius 1 is 1.33 bits per heavy atom. The van der Waals surface area contributed by atoms with Gasteiger partial charge in [-0.25, -0.2) is 0 Å². The zero-order valence-electron chi connectivity index (χ0n) is 10.4. The molecule has 0 bridgehead atoms. The first kappa shape index (κ1) is 12.4. The van der Waals surface area contributed by atoms with Gasteiger partial charge in [-0.05, 0) is 30.5 Å². The lowest BCUT2D eigenvalue weighted by atomic mass is 9.82. The Morgan fingerprint density at radius 3 is 2.89 bits per heavy atom. The highest BCUT2D eigenvalue weighted by molar-refractivity contribution is 6.30. The van der Waals surface area contributed by atoms with Gasteiger partial charge in [0, 0.05) is 37.2 Å². The summed E-state index contributed by atoms with van der Waals surface area (Å²) in [4.78, 5) is 2.41. The summed E-state index contributed by atoms with van der Waals surface area (Å²) in [5, 5.41) is 15.0. The molecule has 4 heteroatoms. The first-order valence-corrected chi connectivity index (χ1v) is 6.98. The molecule has 1 aromatic carbocycles. The second-order valence-corrected chi connectivity index (χ2v) is 5.84. The highest BCUT2D eigenvalue weighted by Gasteiger charge is 2.39. The molecule has 2 N–H and O–H groups in total. The molecule has 0 saturated carbocycles. The molecule has 3 nitrogen and oxygen atoms in total. The summed E-state index contributed by atoms with van der Waals surface area (Å²) < 4.78 is 0. The van der Waals surface area contributed by atoms with Crippen LogP contribution in [-0.2, 0) is 5.60 Å². The molecule has 0 amide bonds. The Hall–Kier alpha value is -0.610. The first-order valence-electron chi connectivity index (χ1n) is 6.61. The number of halogens is 1. The van der Waals surface area contributed by atoms with Gasteiger partial charge in [-0.1, -0.05) is 23.7 Å². The van der Waals surface area contributed by atoms with E-state index < -0.39 is 5.60 Å². The van der Waals surface area contributed by atoms with Crippen LogP contribution in [0.4, 0.5) is 0 Å². The zero-order chi connectivity index (χ0) is 12.6. The Labute approximate surface area is 113 Å². The van der Waals surface area contributed by atoms with Crippen LogP contribution in [0, 0.1) is 0 Å². The largest absolute Gasteiger partial charge is 0.384 e. The molecule has 2 aliphatic heterocycles. The van der Waals surface area contributed by atoms with Crippen LogP contribution in [0.1, 0.15) is 18.4 Å². The third-order valence-electron chi connectivity index (χ3n) is 4.21. The van der Waals surface area contributed by atoms with Gasteiger partial charge in [0.05, 0.1) is 0 Å². The molecule has 1 unspecified atom stereocenters. The van der Waals surface area contributed by atoms with E-state index >= 15 is 0 Å². The number of hydrogen-bond acceptors (Lipinski definition) is 3. The highest BCUT2D eigenvalue weighted by Crippen LogP contribution is 2.34. The molecule has 1 aromatic rings. The Kier molecular flexibility index (Phi) is 3.32. The molecule has 2 atom stereocenters. The van der Waals surface area contributed by atoms with E-state index in [1.165, 1.54) is 0 Å². The fourth-order valence-electron chi connectivity index (χ4n) is 3.11. The second kappa shape index (κ2) is 4.82. The van der Waals surface area contributed by atoms with Gasteiger partial charge >= 0.3 is 0 Å². The van der Waals surface area contributed by atoms with Crippen molar-refractivity contribution in [1.29, 1.82) is 0 Å². The minimum absolute atomic E-state index is 0.589. The van der Waals surface area contributed by atoms with E-state index in [1.54, 1.807) is 0 Å². The van der Waals surface area contributed by atoms with Crippen LogP contribution in [0.2, 0.25) is 5.02 Å².